The molecule has 0 saturated heterocycles. The molecule has 5 heteroatoms. The molecule has 3 N–H and O–H groups in total. The first-order valence-corrected chi connectivity index (χ1v) is 8.07. The maximum absolute atomic E-state index is 11.3. The molecule has 0 aliphatic heterocycles. The minimum absolute atomic E-state index is 0.219. The van der Waals surface area contributed by atoms with Gasteiger partial charge < -0.3 is 11.1 Å². The highest BCUT2D eigenvalue weighted by atomic mass is 32.2. The van der Waals surface area contributed by atoms with E-state index in [9.17, 15) is 8.42 Å². The van der Waals surface area contributed by atoms with E-state index in [0.717, 1.165) is 31.5 Å². The first-order chi connectivity index (χ1) is 8.45. The Morgan fingerprint density at radius 2 is 1.83 bits per heavy atom. The summed E-state index contributed by atoms with van der Waals surface area (Å²) in [6.07, 6.45) is 3.30. The topological polar surface area (TPSA) is 72.2 Å². The zero-order valence-corrected chi connectivity index (χ0v) is 11.8. The molecule has 18 heavy (non-hydrogen) atoms. The van der Waals surface area contributed by atoms with Gasteiger partial charge in [0.15, 0.2) is 9.84 Å². The van der Waals surface area contributed by atoms with Crippen molar-refractivity contribution < 1.29 is 8.42 Å². The third kappa shape index (κ3) is 4.76. The van der Waals surface area contributed by atoms with Crippen LogP contribution in [0.15, 0.2) is 29.2 Å². The second kappa shape index (κ2) is 6.87. The van der Waals surface area contributed by atoms with Crippen molar-refractivity contribution in [3.63, 3.8) is 0 Å². The zero-order chi connectivity index (χ0) is 13.6. The van der Waals surface area contributed by atoms with Crippen molar-refractivity contribution in [1.82, 2.24) is 5.32 Å². The lowest BCUT2D eigenvalue weighted by Gasteiger charge is -2.14. The van der Waals surface area contributed by atoms with Gasteiger partial charge in [0.05, 0.1) is 4.90 Å². The van der Waals surface area contributed by atoms with E-state index in [0.29, 0.717) is 4.90 Å². The van der Waals surface area contributed by atoms with Gasteiger partial charge in [-0.1, -0.05) is 12.1 Å². The summed E-state index contributed by atoms with van der Waals surface area (Å²) in [6, 6.07) is 7.25. The third-order valence-corrected chi connectivity index (χ3v) is 4.02. The summed E-state index contributed by atoms with van der Waals surface area (Å²) in [4.78, 5) is 0.363. The molecule has 1 aromatic rings. The van der Waals surface area contributed by atoms with Gasteiger partial charge in [-0.15, -0.1) is 0 Å². The SMILES string of the molecule is CC(NCCCCN)c1ccc(S(C)(=O)=O)cc1. The summed E-state index contributed by atoms with van der Waals surface area (Å²) >= 11 is 0. The highest BCUT2D eigenvalue weighted by Gasteiger charge is 2.08. The van der Waals surface area contributed by atoms with Crippen LogP contribution in [0.1, 0.15) is 31.4 Å². The minimum atomic E-state index is -3.10. The normalized spacial score (nSPS) is 13.5. The number of hydrogen-bond acceptors (Lipinski definition) is 4. The molecule has 0 aliphatic carbocycles. The van der Waals surface area contributed by atoms with Gasteiger partial charge in [0.1, 0.15) is 0 Å². The molecule has 0 aromatic heterocycles. The number of hydrogen-bond donors (Lipinski definition) is 2. The largest absolute Gasteiger partial charge is 0.330 e. The van der Waals surface area contributed by atoms with Crippen LogP contribution in [0.3, 0.4) is 0 Å². The molecule has 0 bridgehead atoms. The predicted octanol–water partition coefficient (Wildman–Crippen LogP) is 1.48. The van der Waals surface area contributed by atoms with Crippen molar-refractivity contribution in [3.05, 3.63) is 29.8 Å². The molecule has 0 radical (unpaired) electrons. The summed E-state index contributed by atoms with van der Waals surface area (Å²) in [5, 5.41) is 3.39. The van der Waals surface area contributed by atoms with E-state index < -0.39 is 9.84 Å². The molecular formula is C13H22N2O2S. The van der Waals surface area contributed by atoms with Crippen LogP contribution in [0.25, 0.3) is 0 Å². The molecule has 102 valence electrons. The van der Waals surface area contributed by atoms with Gasteiger partial charge in [-0.25, -0.2) is 8.42 Å². The number of nitrogens with one attached hydrogen (secondary N) is 1. The van der Waals surface area contributed by atoms with Crippen LogP contribution in [0.4, 0.5) is 0 Å². The Morgan fingerprint density at radius 1 is 1.22 bits per heavy atom. The number of sulfone groups is 1. The van der Waals surface area contributed by atoms with Crippen molar-refractivity contribution in [2.24, 2.45) is 5.73 Å². The van der Waals surface area contributed by atoms with Crippen LogP contribution in [0.2, 0.25) is 0 Å². The van der Waals surface area contributed by atoms with Gasteiger partial charge >= 0.3 is 0 Å². The number of unbranched alkanes of at least 4 members (excludes halogenated alkanes) is 1. The number of benzene rings is 1. The Hall–Kier alpha value is -0.910. The Morgan fingerprint density at radius 3 is 2.33 bits per heavy atom. The molecular weight excluding hydrogens is 248 g/mol. The van der Waals surface area contributed by atoms with Crippen LogP contribution in [-0.2, 0) is 9.84 Å². The van der Waals surface area contributed by atoms with E-state index in [-0.39, 0.29) is 6.04 Å². The van der Waals surface area contributed by atoms with Crippen molar-refractivity contribution in [2.75, 3.05) is 19.3 Å². The van der Waals surface area contributed by atoms with Crippen LogP contribution in [0.5, 0.6) is 0 Å². The molecule has 0 fully saturated rings. The van der Waals surface area contributed by atoms with Crippen LogP contribution in [-0.4, -0.2) is 27.8 Å². The second-order valence-corrected chi connectivity index (χ2v) is 6.53. The van der Waals surface area contributed by atoms with Gasteiger partial charge in [0.2, 0.25) is 0 Å². The fourth-order valence-corrected chi connectivity index (χ4v) is 2.34. The van der Waals surface area contributed by atoms with Gasteiger partial charge in [-0.2, -0.15) is 0 Å². The summed E-state index contributed by atoms with van der Waals surface area (Å²) in [5.41, 5.74) is 6.52. The Bertz CT molecular complexity index is 454. The van der Waals surface area contributed by atoms with Crippen LogP contribution >= 0.6 is 0 Å². The summed E-state index contributed by atoms with van der Waals surface area (Å²) in [7, 11) is -3.10. The maximum Gasteiger partial charge on any atom is 0.175 e. The summed E-state index contributed by atoms with van der Waals surface area (Å²) in [6.45, 7) is 3.71. The second-order valence-electron chi connectivity index (χ2n) is 4.51. The fraction of sp³-hybridized carbons (Fsp3) is 0.538. The van der Waals surface area contributed by atoms with Gasteiger partial charge in [0.25, 0.3) is 0 Å². The summed E-state index contributed by atoms with van der Waals surface area (Å²) < 4.78 is 22.7. The molecule has 0 spiro atoms. The average molecular weight is 270 g/mol. The van der Waals surface area contributed by atoms with E-state index in [1.807, 2.05) is 12.1 Å². The predicted molar refractivity (Wildman–Crippen MR) is 74.3 cm³/mol. The fourth-order valence-electron chi connectivity index (χ4n) is 1.71. The molecule has 1 unspecified atom stereocenters. The highest BCUT2D eigenvalue weighted by Crippen LogP contribution is 2.16. The number of rotatable bonds is 7. The summed E-state index contributed by atoms with van der Waals surface area (Å²) in [5.74, 6) is 0. The molecule has 0 saturated carbocycles. The van der Waals surface area contributed by atoms with E-state index in [2.05, 4.69) is 12.2 Å². The van der Waals surface area contributed by atoms with Gasteiger partial charge in [-0.05, 0) is 50.6 Å². The van der Waals surface area contributed by atoms with Crippen molar-refractivity contribution in [2.45, 2.75) is 30.7 Å². The average Bonchev–Trinajstić information content (AvgIpc) is 2.33. The lowest BCUT2D eigenvalue weighted by Crippen LogP contribution is -2.20. The minimum Gasteiger partial charge on any atom is -0.330 e. The molecule has 1 atom stereocenters. The van der Waals surface area contributed by atoms with Crippen molar-refractivity contribution in [1.29, 1.82) is 0 Å². The Labute approximate surface area is 110 Å². The molecule has 0 heterocycles. The van der Waals surface area contributed by atoms with Crippen molar-refractivity contribution >= 4 is 9.84 Å². The zero-order valence-electron chi connectivity index (χ0n) is 11.0. The van der Waals surface area contributed by atoms with E-state index in [1.54, 1.807) is 12.1 Å². The molecule has 4 nitrogen and oxygen atoms in total. The third-order valence-electron chi connectivity index (χ3n) is 2.89. The smallest absolute Gasteiger partial charge is 0.175 e. The van der Waals surface area contributed by atoms with Crippen LogP contribution < -0.4 is 11.1 Å². The molecule has 0 aliphatic rings. The molecule has 0 amide bonds. The van der Waals surface area contributed by atoms with E-state index in [1.165, 1.54) is 6.26 Å². The molecule has 1 aromatic carbocycles. The Kier molecular flexibility index (Phi) is 5.78. The van der Waals surface area contributed by atoms with E-state index in [4.69, 9.17) is 5.73 Å². The van der Waals surface area contributed by atoms with E-state index >= 15 is 0 Å². The molecule has 1 rings (SSSR count). The monoisotopic (exact) mass is 270 g/mol. The highest BCUT2D eigenvalue weighted by molar-refractivity contribution is 7.90. The number of nitrogens with two attached hydrogens (primary N) is 1. The van der Waals surface area contributed by atoms with Crippen molar-refractivity contribution in [3.8, 4) is 0 Å². The first-order valence-electron chi connectivity index (χ1n) is 6.18. The van der Waals surface area contributed by atoms with Gasteiger partial charge in [-0.3, -0.25) is 0 Å². The van der Waals surface area contributed by atoms with Gasteiger partial charge in [0, 0.05) is 12.3 Å². The Balaban J connectivity index is 2.57. The lowest BCUT2D eigenvalue weighted by molar-refractivity contribution is 0.548. The quantitative estimate of drug-likeness (QED) is 0.736. The first kappa shape index (κ1) is 15.1. The lowest BCUT2D eigenvalue weighted by atomic mass is 10.1. The standard InChI is InChI=1S/C13H22N2O2S/c1-11(15-10-4-3-9-14)12-5-7-13(8-6-12)18(2,16)17/h5-8,11,15H,3-4,9-10,14H2,1-2H3. The maximum atomic E-state index is 11.3. The van der Waals surface area contributed by atoms with Crippen LogP contribution in [0, 0.1) is 0 Å².